The summed E-state index contributed by atoms with van der Waals surface area (Å²) in [6.07, 6.45) is -7.30. The Bertz CT molecular complexity index is 1560. The number of halogens is 6. The minimum atomic E-state index is -4.75. The number of carbonyl (C=O) groups is 1. The van der Waals surface area contributed by atoms with E-state index in [1.165, 1.54) is 13.0 Å². The van der Waals surface area contributed by atoms with E-state index in [0.29, 0.717) is 6.07 Å². The van der Waals surface area contributed by atoms with Gasteiger partial charge in [-0.1, -0.05) is 6.92 Å². The number of rotatable bonds is 5. The predicted octanol–water partition coefficient (Wildman–Crippen LogP) is 2.54. The summed E-state index contributed by atoms with van der Waals surface area (Å²) in [5.41, 5.74) is -2.62. The molecule has 0 aliphatic carbocycles. The van der Waals surface area contributed by atoms with E-state index in [0.717, 1.165) is 27.5 Å². The molecular weight excluding hydrogens is 508 g/mol. The minimum Gasteiger partial charge on any atom is -0.342 e. The molecule has 0 fully saturated rings. The number of sulfone groups is 1. The van der Waals surface area contributed by atoms with Crippen LogP contribution in [0, 0.1) is 0 Å². The number of hydrogen-bond acceptors (Lipinski definition) is 7. The van der Waals surface area contributed by atoms with Crippen LogP contribution in [0.4, 0.5) is 26.3 Å². The normalized spacial score (nSPS) is 13.0. The monoisotopic (exact) mass is 521 g/mol. The summed E-state index contributed by atoms with van der Waals surface area (Å²) in [5, 5.41) is 8.32. The summed E-state index contributed by atoms with van der Waals surface area (Å²) in [6.45, 7) is -0.346. The van der Waals surface area contributed by atoms with Gasteiger partial charge in [-0.2, -0.15) is 36.5 Å². The number of carbonyl (C=O) groups excluding carboxylic acids is 1. The molecule has 4 aromatic rings. The Kier molecular flexibility index (Phi) is 5.69. The lowest BCUT2D eigenvalue weighted by Gasteiger charge is -2.09. The summed E-state index contributed by atoms with van der Waals surface area (Å²) >= 11 is 0. The molecule has 0 bridgehead atoms. The van der Waals surface area contributed by atoms with E-state index in [9.17, 15) is 39.6 Å². The number of amides is 1. The summed E-state index contributed by atoms with van der Waals surface area (Å²) in [5.74, 6) is -1.66. The highest BCUT2D eigenvalue weighted by Crippen LogP contribution is 2.32. The molecule has 0 aliphatic rings. The number of aromatic nitrogens is 6. The van der Waals surface area contributed by atoms with E-state index >= 15 is 0 Å². The van der Waals surface area contributed by atoms with Gasteiger partial charge in [-0.3, -0.25) is 4.79 Å². The van der Waals surface area contributed by atoms with Crippen molar-refractivity contribution in [2.75, 3.05) is 12.3 Å². The topological polar surface area (TPSA) is 124 Å². The largest absolute Gasteiger partial charge is 0.435 e. The van der Waals surface area contributed by atoms with Crippen LogP contribution in [0.2, 0.25) is 0 Å². The van der Waals surface area contributed by atoms with Crippen molar-refractivity contribution in [2.45, 2.75) is 24.3 Å². The van der Waals surface area contributed by atoms with Gasteiger partial charge in [-0.25, -0.2) is 27.4 Å². The molecule has 0 aromatic carbocycles. The lowest BCUT2D eigenvalue weighted by Crippen LogP contribution is -2.34. The van der Waals surface area contributed by atoms with E-state index < -0.39 is 56.8 Å². The van der Waals surface area contributed by atoms with Crippen LogP contribution in [0.5, 0.6) is 0 Å². The smallest absolute Gasteiger partial charge is 0.342 e. The second-order valence-electron chi connectivity index (χ2n) is 7.09. The van der Waals surface area contributed by atoms with Crippen molar-refractivity contribution in [3.05, 3.63) is 42.0 Å². The lowest BCUT2D eigenvalue weighted by atomic mass is 10.2. The van der Waals surface area contributed by atoms with E-state index in [2.05, 4.69) is 20.2 Å². The summed E-state index contributed by atoms with van der Waals surface area (Å²) in [7, 11) is -4.11. The van der Waals surface area contributed by atoms with Crippen LogP contribution in [0.1, 0.15) is 23.1 Å². The molecule has 0 spiro atoms. The number of fused-ring (bicyclic) bond motifs is 2. The van der Waals surface area contributed by atoms with Gasteiger partial charge >= 0.3 is 12.4 Å². The number of hydrogen-bond donors (Lipinski definition) is 1. The van der Waals surface area contributed by atoms with Crippen molar-refractivity contribution < 1.29 is 39.6 Å². The molecule has 1 amide bonds. The van der Waals surface area contributed by atoms with Crippen LogP contribution in [0.25, 0.3) is 22.6 Å². The number of nitrogens with zero attached hydrogens (tertiary/aromatic N) is 6. The van der Waals surface area contributed by atoms with Crippen molar-refractivity contribution in [2.24, 2.45) is 0 Å². The third kappa shape index (κ3) is 4.62. The number of alkyl halides is 6. The molecule has 186 valence electrons. The van der Waals surface area contributed by atoms with Crippen LogP contribution in [-0.2, 0) is 16.0 Å². The van der Waals surface area contributed by atoms with Gasteiger partial charge in [-0.15, -0.1) is 0 Å². The summed E-state index contributed by atoms with van der Waals surface area (Å²) in [4.78, 5) is 20.4. The maximum absolute atomic E-state index is 13.0. The van der Waals surface area contributed by atoms with Crippen LogP contribution < -0.4 is 5.32 Å². The lowest BCUT2D eigenvalue weighted by molar-refractivity contribution is -0.141. The van der Waals surface area contributed by atoms with Gasteiger partial charge in [0, 0.05) is 18.5 Å². The van der Waals surface area contributed by atoms with Gasteiger partial charge in [0.05, 0.1) is 17.0 Å². The Morgan fingerprint density at radius 3 is 2.46 bits per heavy atom. The molecule has 0 saturated carbocycles. The van der Waals surface area contributed by atoms with E-state index in [1.807, 2.05) is 0 Å². The molecule has 0 unspecified atom stereocenters. The molecule has 4 rings (SSSR count). The minimum absolute atomic E-state index is 0.159. The van der Waals surface area contributed by atoms with Gasteiger partial charge < -0.3 is 5.32 Å². The second kappa shape index (κ2) is 8.17. The molecule has 0 atom stereocenters. The maximum atomic E-state index is 13.0. The highest BCUT2D eigenvalue weighted by atomic mass is 32.2. The van der Waals surface area contributed by atoms with Gasteiger partial charge in [0.1, 0.15) is 12.2 Å². The molecule has 0 radical (unpaired) electrons. The maximum Gasteiger partial charge on any atom is 0.435 e. The molecule has 10 nitrogen and oxygen atoms in total. The van der Waals surface area contributed by atoms with Crippen molar-refractivity contribution in [3.8, 4) is 11.3 Å². The van der Waals surface area contributed by atoms with Crippen LogP contribution in [-0.4, -0.2) is 62.0 Å². The first-order valence-electron chi connectivity index (χ1n) is 9.60. The molecule has 0 saturated heterocycles. The SMILES string of the molecule is CCS(=O)(=O)c1nn2c(C(=O)NCC(F)(F)F)ccnc2c1-c1ccn2nc(C(F)(F)F)cc2n1. The Morgan fingerprint density at radius 2 is 1.83 bits per heavy atom. The van der Waals surface area contributed by atoms with Crippen molar-refractivity contribution in [3.63, 3.8) is 0 Å². The number of nitrogens with one attached hydrogen (secondary N) is 1. The molecule has 1 N–H and O–H groups in total. The Morgan fingerprint density at radius 1 is 1.11 bits per heavy atom. The molecular formula is C18H13F6N7O3S. The molecule has 0 aliphatic heterocycles. The van der Waals surface area contributed by atoms with Crippen LogP contribution >= 0.6 is 0 Å². The van der Waals surface area contributed by atoms with Crippen LogP contribution in [0.15, 0.2) is 35.6 Å². The van der Waals surface area contributed by atoms with Crippen molar-refractivity contribution >= 4 is 27.0 Å². The molecule has 17 heteroatoms. The Balaban J connectivity index is 1.93. The fourth-order valence-electron chi connectivity index (χ4n) is 3.10. The van der Waals surface area contributed by atoms with Crippen molar-refractivity contribution in [1.29, 1.82) is 0 Å². The predicted molar refractivity (Wildman–Crippen MR) is 106 cm³/mol. The Hall–Kier alpha value is -3.76. The van der Waals surface area contributed by atoms with Gasteiger partial charge in [0.15, 0.2) is 31.9 Å². The molecule has 4 aromatic heterocycles. The first kappa shape index (κ1) is 24.4. The second-order valence-corrected chi connectivity index (χ2v) is 9.28. The third-order valence-corrected chi connectivity index (χ3v) is 6.35. The molecule has 4 heterocycles. The highest BCUT2D eigenvalue weighted by Gasteiger charge is 2.35. The van der Waals surface area contributed by atoms with Crippen LogP contribution in [0.3, 0.4) is 0 Å². The first-order valence-corrected chi connectivity index (χ1v) is 11.3. The zero-order valence-electron chi connectivity index (χ0n) is 17.4. The fourth-order valence-corrected chi connectivity index (χ4v) is 4.09. The zero-order chi connectivity index (χ0) is 25.8. The average Bonchev–Trinajstić information content (AvgIpc) is 3.38. The average molecular weight is 521 g/mol. The van der Waals surface area contributed by atoms with E-state index in [1.54, 1.807) is 5.32 Å². The van der Waals surface area contributed by atoms with E-state index in [-0.39, 0.29) is 22.6 Å². The van der Waals surface area contributed by atoms with Gasteiger partial charge in [-0.05, 0) is 12.1 Å². The Labute approximate surface area is 191 Å². The quantitative estimate of drug-likeness (QED) is 0.401. The summed E-state index contributed by atoms with van der Waals surface area (Å²) < 4.78 is 104. The molecule has 35 heavy (non-hydrogen) atoms. The van der Waals surface area contributed by atoms with E-state index in [4.69, 9.17) is 0 Å². The van der Waals surface area contributed by atoms with Crippen molar-refractivity contribution in [1.82, 2.24) is 34.5 Å². The summed E-state index contributed by atoms with van der Waals surface area (Å²) in [6, 6.07) is 2.84. The van der Waals surface area contributed by atoms with Gasteiger partial charge in [0.2, 0.25) is 0 Å². The highest BCUT2D eigenvalue weighted by molar-refractivity contribution is 7.91. The fraction of sp³-hybridized carbons (Fsp3) is 0.278. The zero-order valence-corrected chi connectivity index (χ0v) is 18.2. The first-order chi connectivity index (χ1) is 16.2. The van der Waals surface area contributed by atoms with Gasteiger partial charge in [0.25, 0.3) is 5.91 Å². The standard InChI is InChI=1S/C18H13F6N7O3S/c1-2-35(33,34)16-13(9-4-6-30-12(27-9)7-11(28-30)18(22,23)24)14-25-5-3-10(31(14)29-16)15(32)26-8-17(19,20)21/h3-7H,2,8H2,1H3,(H,26,32). The third-order valence-electron chi connectivity index (χ3n) is 4.71.